The highest BCUT2D eigenvalue weighted by molar-refractivity contribution is 5.97. The van der Waals surface area contributed by atoms with Gasteiger partial charge in [-0.15, -0.1) is 0 Å². The molecule has 0 aliphatic carbocycles. The van der Waals surface area contributed by atoms with Crippen LogP contribution in [-0.2, 0) is 6.54 Å². The summed E-state index contributed by atoms with van der Waals surface area (Å²) in [6.45, 7) is 4.44. The summed E-state index contributed by atoms with van der Waals surface area (Å²) in [5.74, 6) is 0.475. The van der Waals surface area contributed by atoms with Crippen molar-refractivity contribution in [2.45, 2.75) is 26.4 Å². The van der Waals surface area contributed by atoms with Gasteiger partial charge in [0, 0.05) is 30.2 Å². The van der Waals surface area contributed by atoms with Crippen molar-refractivity contribution >= 4 is 11.6 Å². The topological polar surface area (TPSA) is 95.6 Å². The van der Waals surface area contributed by atoms with Gasteiger partial charge < -0.3 is 10.6 Å². The molecule has 7 nitrogen and oxygen atoms in total. The van der Waals surface area contributed by atoms with Crippen LogP contribution in [0, 0.1) is 6.92 Å². The number of aromatic amines is 1. The minimum absolute atomic E-state index is 0.147. The number of benzene rings is 1. The minimum atomic E-state index is -0.249. The number of amides is 1. The number of nitrogens with one attached hydrogen (secondary N) is 3. The lowest BCUT2D eigenvalue weighted by molar-refractivity contribution is 0.0938. The van der Waals surface area contributed by atoms with Crippen LogP contribution in [-0.4, -0.2) is 26.1 Å². The Morgan fingerprint density at radius 2 is 2.16 bits per heavy atom. The predicted molar refractivity (Wildman–Crippen MR) is 95.0 cm³/mol. The summed E-state index contributed by atoms with van der Waals surface area (Å²) in [5, 5.41) is 12.9. The molecule has 3 N–H and O–H groups in total. The average Bonchev–Trinajstić information content (AvgIpc) is 3.16. The summed E-state index contributed by atoms with van der Waals surface area (Å²) < 4.78 is 0. The Labute approximate surface area is 145 Å². The Bertz CT molecular complexity index is 832. The molecule has 0 saturated heterocycles. The molecule has 0 saturated carbocycles. The fourth-order valence-electron chi connectivity index (χ4n) is 2.54. The van der Waals surface area contributed by atoms with Crippen molar-refractivity contribution in [3.63, 3.8) is 0 Å². The second-order valence-corrected chi connectivity index (χ2v) is 5.76. The van der Waals surface area contributed by atoms with Gasteiger partial charge in [0.2, 0.25) is 0 Å². The zero-order valence-corrected chi connectivity index (χ0v) is 14.2. The van der Waals surface area contributed by atoms with Crippen LogP contribution in [0.3, 0.4) is 0 Å². The van der Waals surface area contributed by atoms with Gasteiger partial charge in [-0.25, -0.2) is 4.98 Å². The van der Waals surface area contributed by atoms with Crippen molar-refractivity contribution in [3.8, 4) is 0 Å². The van der Waals surface area contributed by atoms with E-state index in [4.69, 9.17) is 0 Å². The Hall–Kier alpha value is -3.22. The third-order valence-electron chi connectivity index (χ3n) is 3.98. The third kappa shape index (κ3) is 4.00. The van der Waals surface area contributed by atoms with E-state index in [1.54, 1.807) is 6.20 Å². The summed E-state index contributed by atoms with van der Waals surface area (Å²) in [4.78, 5) is 20.8. The van der Waals surface area contributed by atoms with E-state index in [1.165, 1.54) is 6.33 Å². The molecule has 2 aromatic heterocycles. The Morgan fingerprint density at radius 3 is 2.88 bits per heavy atom. The molecule has 7 heteroatoms. The number of H-pyrrole nitrogens is 1. The van der Waals surface area contributed by atoms with Gasteiger partial charge in [0.1, 0.15) is 12.2 Å². The first-order valence-corrected chi connectivity index (χ1v) is 8.03. The molecule has 0 unspecified atom stereocenters. The van der Waals surface area contributed by atoms with Gasteiger partial charge in [-0.1, -0.05) is 12.1 Å². The summed E-state index contributed by atoms with van der Waals surface area (Å²) in [6.07, 6.45) is 4.99. The SMILES string of the molecule is Cc1c(NCc2cccnc2)cccc1C(=O)N[C@@H](C)c1ncn[nH]1. The third-order valence-corrected chi connectivity index (χ3v) is 3.98. The Morgan fingerprint density at radius 1 is 1.28 bits per heavy atom. The Kier molecular flexibility index (Phi) is 5.03. The van der Waals surface area contributed by atoms with Gasteiger partial charge in [-0.05, 0) is 43.2 Å². The zero-order valence-electron chi connectivity index (χ0n) is 14.2. The van der Waals surface area contributed by atoms with Crippen LogP contribution in [0.2, 0.25) is 0 Å². The van der Waals surface area contributed by atoms with Gasteiger partial charge >= 0.3 is 0 Å². The number of rotatable bonds is 6. The molecule has 128 valence electrons. The van der Waals surface area contributed by atoms with E-state index in [0.29, 0.717) is 17.9 Å². The highest BCUT2D eigenvalue weighted by atomic mass is 16.1. The number of carbonyl (C=O) groups excluding carboxylic acids is 1. The molecule has 3 aromatic rings. The molecule has 0 spiro atoms. The predicted octanol–water partition coefficient (Wildman–Crippen LogP) is 2.61. The van der Waals surface area contributed by atoms with E-state index in [2.05, 4.69) is 30.8 Å². The van der Waals surface area contributed by atoms with Gasteiger partial charge in [-0.2, -0.15) is 5.10 Å². The number of carbonyl (C=O) groups is 1. The van der Waals surface area contributed by atoms with Crippen LogP contribution in [0.25, 0.3) is 0 Å². The number of aromatic nitrogens is 4. The van der Waals surface area contributed by atoms with Crippen LogP contribution in [0.5, 0.6) is 0 Å². The van der Waals surface area contributed by atoms with Crippen molar-refractivity contribution in [2.75, 3.05) is 5.32 Å². The smallest absolute Gasteiger partial charge is 0.252 e. The molecule has 1 amide bonds. The van der Waals surface area contributed by atoms with Crippen LogP contribution in [0.4, 0.5) is 5.69 Å². The monoisotopic (exact) mass is 336 g/mol. The number of pyridine rings is 1. The van der Waals surface area contributed by atoms with Crippen LogP contribution >= 0.6 is 0 Å². The van der Waals surface area contributed by atoms with Gasteiger partial charge in [0.05, 0.1) is 6.04 Å². The number of hydrogen-bond acceptors (Lipinski definition) is 5. The number of hydrogen-bond donors (Lipinski definition) is 3. The first-order chi connectivity index (χ1) is 12.1. The van der Waals surface area contributed by atoms with Crippen molar-refractivity contribution in [1.82, 2.24) is 25.5 Å². The molecule has 3 rings (SSSR count). The molecule has 25 heavy (non-hydrogen) atoms. The van der Waals surface area contributed by atoms with Crippen molar-refractivity contribution in [1.29, 1.82) is 0 Å². The molecular formula is C18H20N6O. The molecule has 0 aliphatic heterocycles. The van der Waals surface area contributed by atoms with Crippen molar-refractivity contribution < 1.29 is 4.79 Å². The van der Waals surface area contributed by atoms with E-state index < -0.39 is 0 Å². The lowest BCUT2D eigenvalue weighted by atomic mass is 10.1. The second kappa shape index (κ2) is 7.57. The molecule has 2 heterocycles. The normalized spacial score (nSPS) is 11.8. The van der Waals surface area contributed by atoms with E-state index in [-0.39, 0.29) is 11.9 Å². The maximum Gasteiger partial charge on any atom is 0.252 e. The van der Waals surface area contributed by atoms with E-state index in [0.717, 1.165) is 16.8 Å². The molecule has 0 aliphatic rings. The minimum Gasteiger partial charge on any atom is -0.381 e. The second-order valence-electron chi connectivity index (χ2n) is 5.76. The first kappa shape index (κ1) is 16.6. The number of anilines is 1. The Balaban J connectivity index is 1.70. The molecule has 0 radical (unpaired) electrons. The average molecular weight is 336 g/mol. The van der Waals surface area contributed by atoms with Crippen molar-refractivity contribution in [3.05, 3.63) is 71.6 Å². The quantitative estimate of drug-likeness (QED) is 0.643. The number of nitrogens with zero attached hydrogens (tertiary/aromatic N) is 3. The molecule has 1 atom stereocenters. The maximum atomic E-state index is 12.6. The fraction of sp³-hybridized carbons (Fsp3) is 0.222. The molecule has 0 bridgehead atoms. The molecule has 1 aromatic carbocycles. The van der Waals surface area contributed by atoms with Crippen LogP contribution in [0.15, 0.2) is 49.1 Å². The summed E-state index contributed by atoms with van der Waals surface area (Å²) in [5.41, 5.74) is 3.52. The van der Waals surface area contributed by atoms with E-state index in [9.17, 15) is 4.79 Å². The van der Waals surface area contributed by atoms with Crippen molar-refractivity contribution in [2.24, 2.45) is 0 Å². The highest BCUT2D eigenvalue weighted by Gasteiger charge is 2.16. The summed E-state index contributed by atoms with van der Waals surface area (Å²) in [7, 11) is 0. The summed E-state index contributed by atoms with van der Waals surface area (Å²) in [6, 6.07) is 9.30. The van der Waals surface area contributed by atoms with Crippen LogP contribution in [0.1, 0.15) is 40.3 Å². The standard InChI is InChI=1S/C18H20N6O/c1-12-15(18(25)23-13(2)17-21-11-22-24-17)6-3-7-16(12)20-10-14-5-4-8-19-9-14/h3-9,11,13,20H,10H2,1-2H3,(H,23,25)(H,21,22,24)/t13-/m0/s1. The van der Waals surface area contributed by atoms with E-state index in [1.807, 2.05) is 50.4 Å². The maximum absolute atomic E-state index is 12.6. The molecular weight excluding hydrogens is 316 g/mol. The zero-order chi connectivity index (χ0) is 17.6. The van der Waals surface area contributed by atoms with Gasteiger partial charge in [-0.3, -0.25) is 14.9 Å². The van der Waals surface area contributed by atoms with Crippen LogP contribution < -0.4 is 10.6 Å². The lowest BCUT2D eigenvalue weighted by Crippen LogP contribution is -2.28. The fourth-order valence-corrected chi connectivity index (χ4v) is 2.54. The summed E-state index contributed by atoms with van der Waals surface area (Å²) >= 11 is 0. The first-order valence-electron chi connectivity index (χ1n) is 8.03. The van der Waals surface area contributed by atoms with E-state index >= 15 is 0 Å². The highest BCUT2D eigenvalue weighted by Crippen LogP contribution is 2.20. The van der Waals surface area contributed by atoms with Gasteiger partial charge in [0.15, 0.2) is 0 Å². The largest absolute Gasteiger partial charge is 0.381 e. The lowest BCUT2D eigenvalue weighted by Gasteiger charge is -2.15. The van der Waals surface area contributed by atoms with Gasteiger partial charge in [0.25, 0.3) is 5.91 Å². The molecule has 0 fully saturated rings.